The second-order valence-corrected chi connectivity index (χ2v) is 5.89. The Balaban J connectivity index is 1.64. The van der Waals surface area contributed by atoms with Crippen molar-refractivity contribution < 1.29 is 4.79 Å². The lowest BCUT2D eigenvalue weighted by atomic mass is 9.79. The maximum atomic E-state index is 12.4. The number of rotatable bonds is 2. The molecule has 102 valence electrons. The standard InChI is InChI=1S/C16H22N2O/c1-12-7-9-14(10-8-12)17-16(19)18-11-3-6-15(18)13-4-2-5-13/h7-10,13,15H,2-6,11H2,1H3,(H,17,19). The van der Waals surface area contributed by atoms with Crippen LogP contribution >= 0.6 is 0 Å². The van der Waals surface area contributed by atoms with Crippen LogP contribution in [0.25, 0.3) is 0 Å². The second-order valence-electron chi connectivity index (χ2n) is 5.89. The zero-order valence-electron chi connectivity index (χ0n) is 11.6. The molecule has 1 aliphatic heterocycles. The van der Waals surface area contributed by atoms with Crippen molar-refractivity contribution in [3.63, 3.8) is 0 Å². The van der Waals surface area contributed by atoms with Gasteiger partial charge in [0.15, 0.2) is 0 Å². The van der Waals surface area contributed by atoms with Crippen molar-refractivity contribution in [1.29, 1.82) is 0 Å². The zero-order chi connectivity index (χ0) is 13.2. The average molecular weight is 258 g/mol. The molecule has 0 aromatic heterocycles. The Labute approximate surface area is 115 Å². The summed E-state index contributed by atoms with van der Waals surface area (Å²) in [6.07, 6.45) is 6.29. The number of hydrogen-bond acceptors (Lipinski definition) is 1. The highest BCUT2D eigenvalue weighted by Crippen LogP contribution is 2.37. The third kappa shape index (κ3) is 2.60. The summed E-state index contributed by atoms with van der Waals surface area (Å²) >= 11 is 0. The summed E-state index contributed by atoms with van der Waals surface area (Å²) in [7, 11) is 0. The van der Waals surface area contributed by atoms with E-state index in [-0.39, 0.29) is 6.03 Å². The molecule has 1 saturated carbocycles. The third-order valence-corrected chi connectivity index (χ3v) is 4.56. The average Bonchev–Trinajstić information content (AvgIpc) is 2.79. The first kappa shape index (κ1) is 12.5. The quantitative estimate of drug-likeness (QED) is 0.860. The van der Waals surface area contributed by atoms with Gasteiger partial charge >= 0.3 is 6.03 Å². The minimum absolute atomic E-state index is 0.0817. The molecule has 1 aromatic rings. The Bertz CT molecular complexity index is 450. The molecule has 2 aliphatic rings. The maximum absolute atomic E-state index is 12.4. The van der Waals surface area contributed by atoms with E-state index in [4.69, 9.17) is 0 Å². The largest absolute Gasteiger partial charge is 0.322 e. The number of nitrogens with zero attached hydrogens (tertiary/aromatic N) is 1. The Morgan fingerprint density at radius 1 is 1.16 bits per heavy atom. The summed E-state index contributed by atoms with van der Waals surface area (Å²) < 4.78 is 0. The van der Waals surface area contributed by atoms with Gasteiger partial charge in [0.1, 0.15) is 0 Å². The third-order valence-electron chi connectivity index (χ3n) is 4.56. The van der Waals surface area contributed by atoms with Crippen molar-refractivity contribution in [2.75, 3.05) is 11.9 Å². The number of nitrogens with one attached hydrogen (secondary N) is 1. The van der Waals surface area contributed by atoms with E-state index in [1.165, 1.54) is 31.2 Å². The van der Waals surface area contributed by atoms with E-state index >= 15 is 0 Å². The predicted molar refractivity (Wildman–Crippen MR) is 77.3 cm³/mol. The van der Waals surface area contributed by atoms with Gasteiger partial charge < -0.3 is 10.2 Å². The minimum Gasteiger partial charge on any atom is -0.321 e. The van der Waals surface area contributed by atoms with E-state index in [0.717, 1.165) is 24.6 Å². The molecule has 1 saturated heterocycles. The number of amides is 2. The van der Waals surface area contributed by atoms with Crippen molar-refractivity contribution in [3.05, 3.63) is 29.8 Å². The molecule has 0 bridgehead atoms. The number of hydrogen-bond donors (Lipinski definition) is 1. The van der Waals surface area contributed by atoms with Gasteiger partial charge in [-0.15, -0.1) is 0 Å². The summed E-state index contributed by atoms with van der Waals surface area (Å²) in [5, 5.41) is 3.03. The fourth-order valence-electron chi connectivity index (χ4n) is 3.19. The van der Waals surface area contributed by atoms with Crippen LogP contribution < -0.4 is 5.32 Å². The molecule has 1 heterocycles. The van der Waals surface area contributed by atoms with E-state index in [2.05, 4.69) is 17.1 Å². The van der Waals surface area contributed by atoms with E-state index in [1.54, 1.807) is 0 Å². The predicted octanol–water partition coefficient (Wildman–Crippen LogP) is 3.79. The van der Waals surface area contributed by atoms with Crippen LogP contribution in [0.4, 0.5) is 10.5 Å². The van der Waals surface area contributed by atoms with Gasteiger partial charge in [0.25, 0.3) is 0 Å². The van der Waals surface area contributed by atoms with Gasteiger partial charge in [-0.2, -0.15) is 0 Å². The first-order chi connectivity index (χ1) is 9.24. The fraction of sp³-hybridized carbons (Fsp3) is 0.562. The van der Waals surface area contributed by atoms with Crippen LogP contribution in [0.3, 0.4) is 0 Å². The number of urea groups is 1. The molecular weight excluding hydrogens is 236 g/mol. The molecule has 2 amide bonds. The Morgan fingerprint density at radius 3 is 2.53 bits per heavy atom. The molecule has 1 N–H and O–H groups in total. The van der Waals surface area contributed by atoms with Crippen LogP contribution in [0, 0.1) is 12.8 Å². The highest BCUT2D eigenvalue weighted by Gasteiger charge is 2.37. The molecule has 1 aromatic carbocycles. The molecule has 19 heavy (non-hydrogen) atoms. The first-order valence-electron chi connectivity index (χ1n) is 7.38. The van der Waals surface area contributed by atoms with Gasteiger partial charge in [-0.1, -0.05) is 24.1 Å². The highest BCUT2D eigenvalue weighted by molar-refractivity contribution is 5.89. The summed E-state index contributed by atoms with van der Waals surface area (Å²) in [5.74, 6) is 0.756. The molecule has 1 atom stereocenters. The molecular formula is C16H22N2O. The molecule has 3 heteroatoms. The second kappa shape index (κ2) is 5.24. The lowest BCUT2D eigenvalue weighted by Gasteiger charge is -2.36. The molecule has 0 spiro atoms. The molecule has 1 unspecified atom stereocenters. The van der Waals surface area contributed by atoms with Gasteiger partial charge in [0, 0.05) is 18.3 Å². The normalized spacial score (nSPS) is 23.2. The zero-order valence-corrected chi connectivity index (χ0v) is 11.6. The number of carbonyl (C=O) groups is 1. The van der Waals surface area contributed by atoms with E-state index in [1.807, 2.05) is 24.3 Å². The van der Waals surface area contributed by atoms with E-state index < -0.39 is 0 Å². The SMILES string of the molecule is Cc1ccc(NC(=O)N2CCCC2C2CCC2)cc1. The van der Waals surface area contributed by atoms with Crippen molar-refractivity contribution in [1.82, 2.24) is 4.90 Å². The van der Waals surface area contributed by atoms with Crippen LogP contribution in [0.2, 0.25) is 0 Å². The van der Waals surface area contributed by atoms with Crippen molar-refractivity contribution >= 4 is 11.7 Å². The highest BCUT2D eigenvalue weighted by atomic mass is 16.2. The smallest absolute Gasteiger partial charge is 0.321 e. The summed E-state index contributed by atoms with van der Waals surface area (Å²) in [6.45, 7) is 2.97. The molecule has 1 aliphatic carbocycles. The number of anilines is 1. The van der Waals surface area contributed by atoms with Gasteiger partial charge in [-0.25, -0.2) is 4.79 Å². The van der Waals surface area contributed by atoms with Crippen LogP contribution in [0.5, 0.6) is 0 Å². The van der Waals surface area contributed by atoms with Crippen LogP contribution in [-0.4, -0.2) is 23.5 Å². The van der Waals surface area contributed by atoms with Crippen LogP contribution in [-0.2, 0) is 0 Å². The molecule has 2 fully saturated rings. The summed E-state index contributed by atoms with van der Waals surface area (Å²) in [5.41, 5.74) is 2.11. The minimum atomic E-state index is 0.0817. The van der Waals surface area contributed by atoms with Crippen molar-refractivity contribution in [3.8, 4) is 0 Å². The van der Waals surface area contributed by atoms with E-state index in [0.29, 0.717) is 6.04 Å². The Hall–Kier alpha value is -1.51. The van der Waals surface area contributed by atoms with Crippen molar-refractivity contribution in [2.24, 2.45) is 5.92 Å². The number of likely N-dealkylation sites (tertiary alicyclic amines) is 1. The molecule has 3 nitrogen and oxygen atoms in total. The number of aryl methyl sites for hydroxylation is 1. The van der Waals surface area contributed by atoms with Crippen molar-refractivity contribution in [2.45, 2.75) is 45.1 Å². The van der Waals surface area contributed by atoms with Gasteiger partial charge in [-0.3, -0.25) is 0 Å². The topological polar surface area (TPSA) is 32.3 Å². The van der Waals surface area contributed by atoms with Crippen LogP contribution in [0.1, 0.15) is 37.7 Å². The fourth-order valence-corrected chi connectivity index (χ4v) is 3.19. The van der Waals surface area contributed by atoms with E-state index in [9.17, 15) is 4.79 Å². The molecule has 3 rings (SSSR count). The monoisotopic (exact) mass is 258 g/mol. The van der Waals surface area contributed by atoms with Gasteiger partial charge in [0.2, 0.25) is 0 Å². The number of carbonyl (C=O) groups excluding carboxylic acids is 1. The lowest BCUT2D eigenvalue weighted by molar-refractivity contribution is 0.148. The summed E-state index contributed by atoms with van der Waals surface area (Å²) in [6, 6.07) is 8.58. The Morgan fingerprint density at radius 2 is 1.89 bits per heavy atom. The van der Waals surface area contributed by atoms with Gasteiger partial charge in [0.05, 0.1) is 0 Å². The van der Waals surface area contributed by atoms with Gasteiger partial charge in [-0.05, 0) is 50.7 Å². The summed E-state index contributed by atoms with van der Waals surface area (Å²) in [4.78, 5) is 14.4. The lowest BCUT2D eigenvalue weighted by Crippen LogP contribution is -2.44. The first-order valence-corrected chi connectivity index (χ1v) is 7.38. The maximum Gasteiger partial charge on any atom is 0.322 e. The van der Waals surface area contributed by atoms with Crippen LogP contribution in [0.15, 0.2) is 24.3 Å². The number of benzene rings is 1. The Kier molecular flexibility index (Phi) is 3.45. The molecule has 0 radical (unpaired) electrons.